The first-order chi connectivity index (χ1) is 15.9. The molecule has 1 aromatic rings. The maximum absolute atomic E-state index is 14.0. The van der Waals surface area contributed by atoms with Gasteiger partial charge in [0, 0.05) is 19.2 Å². The fourth-order valence-electron chi connectivity index (χ4n) is 8.54. The van der Waals surface area contributed by atoms with Crippen LogP contribution >= 0.6 is 0 Å². The van der Waals surface area contributed by atoms with Gasteiger partial charge in [-0.3, -0.25) is 4.79 Å². The van der Waals surface area contributed by atoms with Crippen LogP contribution in [0.1, 0.15) is 77.7 Å². The van der Waals surface area contributed by atoms with Crippen molar-refractivity contribution in [2.24, 2.45) is 22.7 Å². The van der Waals surface area contributed by atoms with Crippen LogP contribution in [0.3, 0.4) is 0 Å². The number of piperidine rings is 1. The number of hydrogen-bond donors (Lipinski definition) is 1. The van der Waals surface area contributed by atoms with Crippen molar-refractivity contribution in [3.05, 3.63) is 35.9 Å². The largest absolute Gasteiger partial charge is 0.381 e. The van der Waals surface area contributed by atoms with Crippen molar-refractivity contribution in [1.29, 1.82) is 0 Å². The van der Waals surface area contributed by atoms with Crippen LogP contribution in [-0.4, -0.2) is 49.7 Å². The van der Waals surface area contributed by atoms with Gasteiger partial charge in [0.1, 0.15) is 0 Å². The summed E-state index contributed by atoms with van der Waals surface area (Å²) >= 11 is 0. The Hall–Kier alpha value is -1.39. The van der Waals surface area contributed by atoms with E-state index in [1.54, 1.807) is 0 Å². The minimum Gasteiger partial charge on any atom is -0.381 e. The number of hydrogen-bond acceptors (Lipinski definition) is 3. The molecule has 1 saturated heterocycles. The number of carbonyl (C=O) groups is 1. The van der Waals surface area contributed by atoms with E-state index in [2.05, 4.69) is 61.3 Å². The molecule has 6 rings (SSSR count). The molecule has 5 aliphatic rings. The second-order valence-corrected chi connectivity index (χ2v) is 12.4. The van der Waals surface area contributed by atoms with Crippen LogP contribution < -0.4 is 5.32 Å². The molecule has 182 valence electrons. The number of nitrogens with one attached hydrogen (secondary N) is 1. The number of rotatable bonds is 8. The van der Waals surface area contributed by atoms with E-state index in [0.29, 0.717) is 11.8 Å². The van der Waals surface area contributed by atoms with Crippen LogP contribution in [0.4, 0.5) is 0 Å². The Balaban J connectivity index is 1.36. The van der Waals surface area contributed by atoms with Crippen molar-refractivity contribution in [3.63, 3.8) is 0 Å². The van der Waals surface area contributed by atoms with E-state index in [-0.39, 0.29) is 22.3 Å². The van der Waals surface area contributed by atoms with Crippen LogP contribution in [0.5, 0.6) is 0 Å². The van der Waals surface area contributed by atoms with Crippen LogP contribution in [0.2, 0.25) is 0 Å². The molecule has 5 fully saturated rings. The summed E-state index contributed by atoms with van der Waals surface area (Å²) in [5.41, 5.74) is 1.48. The van der Waals surface area contributed by atoms with Crippen molar-refractivity contribution in [1.82, 2.24) is 10.2 Å². The van der Waals surface area contributed by atoms with Gasteiger partial charge in [-0.25, -0.2) is 0 Å². The molecule has 1 aromatic carbocycles. The Bertz CT molecular complexity index is 835. The molecule has 0 spiro atoms. The monoisotopic (exact) mass is 452 g/mol. The lowest BCUT2D eigenvalue weighted by Gasteiger charge is -2.66. The van der Waals surface area contributed by atoms with Crippen molar-refractivity contribution >= 4 is 5.91 Å². The van der Waals surface area contributed by atoms with E-state index >= 15 is 0 Å². The topological polar surface area (TPSA) is 41.6 Å². The van der Waals surface area contributed by atoms with Crippen molar-refractivity contribution < 1.29 is 9.53 Å². The number of amides is 1. The normalized spacial score (nSPS) is 37.2. The minimum atomic E-state index is -0.239. The molecule has 1 heterocycles. The quantitative estimate of drug-likeness (QED) is 0.592. The lowest BCUT2D eigenvalue weighted by Crippen LogP contribution is -2.64. The standard InChI is InChI=1S/C29H44N2O2/c1-4-33-21-27-14-24-15-28(18-27,25-8-6-5-7-9-25)20-29(16-24,19-27)26(32)30-23(3)17-31-12-10-22(2)11-13-31/h5-9,22-24H,4,10-21H2,1-3H3,(H,30,32)/t23-,24?,27-,28+,29?/m0/s1. The molecule has 1 aliphatic heterocycles. The predicted molar refractivity (Wildman–Crippen MR) is 133 cm³/mol. The van der Waals surface area contributed by atoms with E-state index in [9.17, 15) is 4.79 Å². The Kier molecular flexibility index (Phi) is 6.37. The molecule has 4 bridgehead atoms. The first kappa shape index (κ1) is 23.4. The van der Waals surface area contributed by atoms with Crippen molar-refractivity contribution in [2.75, 3.05) is 32.8 Å². The molecule has 0 aromatic heterocycles. The van der Waals surface area contributed by atoms with E-state index < -0.39 is 0 Å². The van der Waals surface area contributed by atoms with Crippen LogP contribution in [-0.2, 0) is 14.9 Å². The van der Waals surface area contributed by atoms with Gasteiger partial charge in [0.05, 0.1) is 12.0 Å². The zero-order valence-electron chi connectivity index (χ0n) is 21.1. The Labute approximate surface area is 200 Å². The first-order valence-corrected chi connectivity index (χ1v) is 13.5. The van der Waals surface area contributed by atoms with Gasteiger partial charge >= 0.3 is 0 Å². The lowest BCUT2D eigenvalue weighted by molar-refractivity contribution is -0.172. The average Bonchev–Trinajstić information content (AvgIpc) is 2.79. The number of likely N-dealkylation sites (tertiary alicyclic amines) is 1. The molecule has 4 nitrogen and oxygen atoms in total. The highest BCUT2D eigenvalue weighted by atomic mass is 16.5. The van der Waals surface area contributed by atoms with Gasteiger partial charge in [0.25, 0.3) is 0 Å². The van der Waals surface area contributed by atoms with Crippen LogP contribution in [0.25, 0.3) is 0 Å². The van der Waals surface area contributed by atoms with Crippen molar-refractivity contribution in [3.8, 4) is 0 Å². The molecular formula is C29H44N2O2. The lowest BCUT2D eigenvalue weighted by atomic mass is 9.38. The smallest absolute Gasteiger partial charge is 0.226 e. The van der Waals surface area contributed by atoms with Gasteiger partial charge in [0.15, 0.2) is 0 Å². The number of carbonyl (C=O) groups excluding carboxylic acids is 1. The van der Waals surface area contributed by atoms with Gasteiger partial charge in [-0.05, 0) is 107 Å². The highest BCUT2D eigenvalue weighted by Gasteiger charge is 2.66. The second kappa shape index (κ2) is 9.00. The van der Waals surface area contributed by atoms with E-state index in [1.807, 2.05) is 0 Å². The molecular weight excluding hydrogens is 408 g/mol. The third-order valence-corrected chi connectivity index (χ3v) is 9.45. The Morgan fingerprint density at radius 3 is 2.61 bits per heavy atom. The number of ether oxygens (including phenoxy) is 1. The summed E-state index contributed by atoms with van der Waals surface area (Å²) in [5.74, 6) is 1.80. The summed E-state index contributed by atoms with van der Waals surface area (Å²) in [6.07, 6.45) is 9.29. The third-order valence-electron chi connectivity index (χ3n) is 9.45. The maximum Gasteiger partial charge on any atom is 0.226 e. The fourth-order valence-corrected chi connectivity index (χ4v) is 8.54. The minimum absolute atomic E-state index is 0.126. The van der Waals surface area contributed by atoms with Gasteiger partial charge in [-0.15, -0.1) is 0 Å². The van der Waals surface area contributed by atoms with E-state index in [0.717, 1.165) is 44.9 Å². The van der Waals surface area contributed by atoms with E-state index in [1.165, 1.54) is 50.8 Å². The summed E-state index contributed by atoms with van der Waals surface area (Å²) in [5, 5.41) is 3.52. The molecule has 0 radical (unpaired) electrons. The summed E-state index contributed by atoms with van der Waals surface area (Å²) in [4.78, 5) is 16.6. The Morgan fingerprint density at radius 1 is 1.12 bits per heavy atom. The maximum atomic E-state index is 14.0. The van der Waals surface area contributed by atoms with Crippen LogP contribution in [0.15, 0.2) is 30.3 Å². The van der Waals surface area contributed by atoms with Gasteiger partial charge in [-0.1, -0.05) is 37.3 Å². The molecule has 1 amide bonds. The molecule has 4 saturated carbocycles. The molecule has 4 heteroatoms. The van der Waals surface area contributed by atoms with Crippen LogP contribution in [0, 0.1) is 22.7 Å². The molecule has 4 aliphatic carbocycles. The van der Waals surface area contributed by atoms with Crippen molar-refractivity contribution in [2.45, 2.75) is 83.6 Å². The summed E-state index contributed by atoms with van der Waals surface area (Å²) in [6.45, 7) is 11.5. The molecule has 33 heavy (non-hydrogen) atoms. The predicted octanol–water partition coefficient (Wildman–Crippen LogP) is 5.17. The number of benzene rings is 1. The third kappa shape index (κ3) is 4.50. The summed E-state index contributed by atoms with van der Waals surface area (Å²) < 4.78 is 6.08. The SMILES string of the molecule is CCOC[C@]12CC3CC(C(=O)N[C@@H](C)CN4CCC(C)CC4)(C1)C[C@@](c1ccccc1)(C3)C2. The highest BCUT2D eigenvalue weighted by molar-refractivity contribution is 5.84. The summed E-state index contributed by atoms with van der Waals surface area (Å²) in [7, 11) is 0. The molecule has 5 atom stereocenters. The summed E-state index contributed by atoms with van der Waals surface area (Å²) in [6, 6.07) is 11.3. The first-order valence-electron chi connectivity index (χ1n) is 13.5. The van der Waals surface area contributed by atoms with Gasteiger partial charge in [0.2, 0.25) is 5.91 Å². The highest BCUT2D eigenvalue weighted by Crippen LogP contribution is 2.70. The van der Waals surface area contributed by atoms with Gasteiger partial charge in [-0.2, -0.15) is 0 Å². The Morgan fingerprint density at radius 2 is 1.88 bits per heavy atom. The average molecular weight is 453 g/mol. The van der Waals surface area contributed by atoms with E-state index in [4.69, 9.17) is 4.74 Å². The van der Waals surface area contributed by atoms with Gasteiger partial charge < -0.3 is 15.0 Å². The fraction of sp³-hybridized carbons (Fsp3) is 0.759. The molecule has 1 N–H and O–H groups in total. The second-order valence-electron chi connectivity index (χ2n) is 12.4. The zero-order valence-corrected chi connectivity index (χ0v) is 21.1. The molecule has 2 unspecified atom stereocenters. The number of nitrogens with zero attached hydrogens (tertiary/aromatic N) is 1. The zero-order chi connectivity index (χ0) is 23.1.